The highest BCUT2D eigenvalue weighted by Crippen LogP contribution is 2.23. The summed E-state index contributed by atoms with van der Waals surface area (Å²) in [6.07, 6.45) is -5.12. The number of hydrogen-bond acceptors (Lipinski definition) is 4. The Balaban J connectivity index is 2.07. The van der Waals surface area contributed by atoms with Gasteiger partial charge >= 0.3 is 6.18 Å². The van der Waals surface area contributed by atoms with Crippen LogP contribution in [0.1, 0.15) is 0 Å². The van der Waals surface area contributed by atoms with Gasteiger partial charge in [-0.15, -0.1) is 0 Å². The van der Waals surface area contributed by atoms with E-state index >= 15 is 0 Å². The highest BCUT2D eigenvalue weighted by molar-refractivity contribution is 6.32. The van der Waals surface area contributed by atoms with Crippen LogP contribution in [0.4, 0.5) is 13.2 Å². The van der Waals surface area contributed by atoms with Crippen molar-refractivity contribution in [1.82, 2.24) is 5.32 Å². The molecule has 1 rings (SSSR count). The first-order valence-electron chi connectivity index (χ1n) is 6.29. The van der Waals surface area contributed by atoms with E-state index in [1.165, 1.54) is 0 Å². The molecule has 0 aromatic heterocycles. The van der Waals surface area contributed by atoms with Gasteiger partial charge in [-0.3, -0.25) is 0 Å². The number of rotatable bonds is 9. The molecule has 4 nitrogen and oxygen atoms in total. The minimum absolute atomic E-state index is 0.0279. The zero-order valence-electron chi connectivity index (χ0n) is 11.2. The van der Waals surface area contributed by atoms with E-state index in [0.29, 0.717) is 10.8 Å². The van der Waals surface area contributed by atoms with Crippen molar-refractivity contribution >= 4 is 11.6 Å². The summed E-state index contributed by atoms with van der Waals surface area (Å²) in [6, 6.07) is 6.85. The van der Waals surface area contributed by atoms with E-state index in [-0.39, 0.29) is 26.3 Å². The summed E-state index contributed by atoms with van der Waals surface area (Å²) in [5, 5.41) is 12.8. The van der Waals surface area contributed by atoms with E-state index in [9.17, 15) is 18.3 Å². The third-order valence-electron chi connectivity index (χ3n) is 2.34. The molecule has 1 aromatic rings. The van der Waals surface area contributed by atoms with Crippen molar-refractivity contribution in [3.8, 4) is 5.75 Å². The predicted octanol–water partition coefficient (Wildman–Crippen LogP) is 2.25. The van der Waals surface area contributed by atoms with Gasteiger partial charge in [-0.05, 0) is 12.1 Å². The van der Waals surface area contributed by atoms with E-state index in [2.05, 4.69) is 10.1 Å². The van der Waals surface area contributed by atoms with Gasteiger partial charge in [-0.1, -0.05) is 23.7 Å². The second kappa shape index (κ2) is 9.09. The first kappa shape index (κ1) is 18.0. The van der Waals surface area contributed by atoms with Crippen LogP contribution in [0.15, 0.2) is 24.3 Å². The molecule has 0 amide bonds. The molecule has 0 saturated heterocycles. The monoisotopic (exact) mass is 327 g/mol. The molecular formula is C13H17ClF3NO3. The first-order valence-corrected chi connectivity index (χ1v) is 6.67. The fraction of sp³-hybridized carbons (Fsp3) is 0.538. The second-order valence-electron chi connectivity index (χ2n) is 4.27. The lowest BCUT2D eigenvalue weighted by Gasteiger charge is -2.14. The fourth-order valence-electron chi connectivity index (χ4n) is 1.41. The Kier molecular flexibility index (Phi) is 7.81. The van der Waals surface area contributed by atoms with Gasteiger partial charge in [0.25, 0.3) is 0 Å². The Morgan fingerprint density at radius 3 is 2.67 bits per heavy atom. The molecule has 0 saturated carbocycles. The lowest BCUT2D eigenvalue weighted by atomic mass is 10.3. The van der Waals surface area contributed by atoms with Gasteiger partial charge in [-0.25, -0.2) is 0 Å². The maximum Gasteiger partial charge on any atom is 0.411 e. The number of nitrogens with one attached hydrogen (secondary N) is 1. The molecule has 0 radical (unpaired) electrons. The van der Waals surface area contributed by atoms with Crippen molar-refractivity contribution in [2.45, 2.75) is 12.3 Å². The van der Waals surface area contributed by atoms with Gasteiger partial charge < -0.3 is 19.9 Å². The van der Waals surface area contributed by atoms with Crippen LogP contribution >= 0.6 is 11.6 Å². The normalized spacial score (nSPS) is 13.2. The molecule has 120 valence electrons. The summed E-state index contributed by atoms with van der Waals surface area (Å²) in [4.78, 5) is 0. The molecule has 1 atom stereocenters. The number of alkyl halides is 3. The molecule has 0 spiro atoms. The fourth-order valence-corrected chi connectivity index (χ4v) is 1.60. The van der Waals surface area contributed by atoms with Crippen LogP contribution in [0.3, 0.4) is 0 Å². The second-order valence-corrected chi connectivity index (χ2v) is 4.67. The zero-order valence-corrected chi connectivity index (χ0v) is 12.0. The minimum Gasteiger partial charge on any atom is -0.489 e. The molecule has 0 aliphatic rings. The van der Waals surface area contributed by atoms with Crippen molar-refractivity contribution in [2.75, 3.05) is 32.9 Å². The van der Waals surface area contributed by atoms with Gasteiger partial charge in [-0.2, -0.15) is 13.2 Å². The lowest BCUT2D eigenvalue weighted by molar-refractivity contribution is -0.173. The zero-order chi connectivity index (χ0) is 15.7. The average molecular weight is 328 g/mol. The highest BCUT2D eigenvalue weighted by Gasteiger charge is 2.27. The quantitative estimate of drug-likeness (QED) is 0.683. The number of aliphatic hydroxyl groups is 1. The van der Waals surface area contributed by atoms with Crippen LogP contribution < -0.4 is 10.1 Å². The summed E-state index contributed by atoms with van der Waals surface area (Å²) in [5.41, 5.74) is 0. The van der Waals surface area contributed by atoms with Gasteiger partial charge in [0.05, 0.1) is 11.6 Å². The molecule has 8 heteroatoms. The van der Waals surface area contributed by atoms with Crippen LogP contribution in [0.25, 0.3) is 0 Å². The molecule has 21 heavy (non-hydrogen) atoms. The van der Waals surface area contributed by atoms with Crippen LogP contribution in [0.5, 0.6) is 5.75 Å². The Morgan fingerprint density at radius 2 is 2.00 bits per heavy atom. The number of hydrogen-bond donors (Lipinski definition) is 2. The summed E-state index contributed by atoms with van der Waals surface area (Å²) < 4.78 is 45.1. The van der Waals surface area contributed by atoms with Crippen molar-refractivity contribution in [1.29, 1.82) is 0 Å². The van der Waals surface area contributed by atoms with Crippen LogP contribution in [0.2, 0.25) is 5.02 Å². The van der Waals surface area contributed by atoms with E-state index < -0.39 is 18.9 Å². The summed E-state index contributed by atoms with van der Waals surface area (Å²) in [5.74, 6) is 0.465. The lowest BCUT2D eigenvalue weighted by Crippen LogP contribution is -2.33. The third-order valence-corrected chi connectivity index (χ3v) is 2.65. The Hall–Kier alpha value is -1.02. The van der Waals surface area contributed by atoms with Crippen LogP contribution in [-0.2, 0) is 4.74 Å². The van der Waals surface area contributed by atoms with Crippen molar-refractivity contribution in [3.05, 3.63) is 29.3 Å². The molecule has 2 N–H and O–H groups in total. The smallest absolute Gasteiger partial charge is 0.411 e. The minimum atomic E-state index is -4.32. The van der Waals surface area contributed by atoms with Crippen molar-refractivity contribution in [3.63, 3.8) is 0 Å². The molecule has 0 fully saturated rings. The molecule has 0 aliphatic heterocycles. The Labute approximate surface area is 125 Å². The van der Waals surface area contributed by atoms with Gasteiger partial charge in [0, 0.05) is 13.1 Å². The molecule has 1 unspecified atom stereocenters. The van der Waals surface area contributed by atoms with Gasteiger partial charge in [0.15, 0.2) is 0 Å². The molecule has 0 heterocycles. The number of aliphatic hydroxyl groups excluding tert-OH is 1. The van der Waals surface area contributed by atoms with E-state index in [1.807, 2.05) is 0 Å². The molecule has 0 aliphatic carbocycles. The van der Waals surface area contributed by atoms with Crippen molar-refractivity contribution in [2.24, 2.45) is 0 Å². The molecule has 1 aromatic carbocycles. The van der Waals surface area contributed by atoms with Gasteiger partial charge in [0.2, 0.25) is 0 Å². The molecule has 0 bridgehead atoms. The van der Waals surface area contributed by atoms with Gasteiger partial charge in [0.1, 0.15) is 25.1 Å². The summed E-state index contributed by atoms with van der Waals surface area (Å²) in [6.45, 7) is -0.941. The van der Waals surface area contributed by atoms with Crippen LogP contribution in [0, 0.1) is 0 Å². The number of benzene rings is 1. The largest absolute Gasteiger partial charge is 0.489 e. The number of halogens is 4. The van der Waals surface area contributed by atoms with E-state index in [0.717, 1.165) is 0 Å². The van der Waals surface area contributed by atoms with E-state index in [1.54, 1.807) is 24.3 Å². The van der Waals surface area contributed by atoms with Crippen molar-refractivity contribution < 1.29 is 27.8 Å². The SMILES string of the molecule is OC(CNCCOCC(F)(F)F)COc1ccccc1Cl. The highest BCUT2D eigenvalue weighted by atomic mass is 35.5. The first-order chi connectivity index (χ1) is 9.88. The summed E-state index contributed by atoms with van der Waals surface area (Å²) in [7, 11) is 0. The predicted molar refractivity (Wildman–Crippen MR) is 72.7 cm³/mol. The molecular weight excluding hydrogens is 311 g/mol. The maximum absolute atomic E-state index is 11.8. The third kappa shape index (κ3) is 8.77. The summed E-state index contributed by atoms with van der Waals surface area (Å²) >= 11 is 5.88. The Morgan fingerprint density at radius 1 is 1.29 bits per heavy atom. The maximum atomic E-state index is 11.8. The average Bonchev–Trinajstić information content (AvgIpc) is 2.40. The standard InChI is InChI=1S/C13H17ClF3NO3/c14-11-3-1-2-4-12(11)21-8-10(19)7-18-5-6-20-9-13(15,16)17/h1-4,10,18-19H,5-9H2. The topological polar surface area (TPSA) is 50.7 Å². The number of para-hydroxylation sites is 1. The number of ether oxygens (including phenoxy) is 2. The van der Waals surface area contributed by atoms with E-state index in [4.69, 9.17) is 16.3 Å². The van der Waals surface area contributed by atoms with Crippen LogP contribution in [-0.4, -0.2) is 50.3 Å². The Bertz CT molecular complexity index is 418.